The van der Waals surface area contributed by atoms with Gasteiger partial charge in [0.2, 0.25) is 5.91 Å². The minimum atomic E-state index is -1.31. The molecule has 0 heterocycles. The van der Waals surface area contributed by atoms with Crippen molar-refractivity contribution in [2.24, 2.45) is 0 Å². The second kappa shape index (κ2) is 8.92. The molecule has 0 aromatic carbocycles. The number of hydroxylamine groups is 1. The molecular weight excluding hydrogens is 179 g/mol. The molecular formula is C7H15FN2O3. The summed E-state index contributed by atoms with van der Waals surface area (Å²) in [4.78, 5) is 20.8. The topological polar surface area (TPSA) is 78.4 Å². The normalized spacial score (nSPS) is 10.5. The Balaban J connectivity index is 0. The lowest BCUT2D eigenvalue weighted by atomic mass is 10.3. The van der Waals surface area contributed by atoms with Crippen LogP contribution in [0.2, 0.25) is 0 Å². The molecule has 78 valence electrons. The summed E-state index contributed by atoms with van der Waals surface area (Å²) >= 11 is 0. The summed E-state index contributed by atoms with van der Waals surface area (Å²) < 4.78 is 11.9. The van der Waals surface area contributed by atoms with Gasteiger partial charge in [-0.1, -0.05) is 13.8 Å². The maximum atomic E-state index is 11.9. The van der Waals surface area contributed by atoms with Crippen LogP contribution in [0.15, 0.2) is 0 Å². The van der Waals surface area contributed by atoms with E-state index in [-0.39, 0.29) is 0 Å². The second-order valence-electron chi connectivity index (χ2n) is 1.88. The van der Waals surface area contributed by atoms with Crippen LogP contribution in [0.1, 0.15) is 20.8 Å². The fraction of sp³-hybridized carbons (Fsp3) is 0.714. The lowest BCUT2D eigenvalue weighted by Crippen LogP contribution is -2.46. The zero-order valence-corrected chi connectivity index (χ0v) is 7.93. The molecule has 0 aromatic heterocycles. The van der Waals surface area contributed by atoms with Crippen molar-refractivity contribution in [1.82, 2.24) is 10.8 Å². The lowest BCUT2D eigenvalue weighted by Gasteiger charge is -2.10. The Morgan fingerprint density at radius 2 is 1.92 bits per heavy atom. The van der Waals surface area contributed by atoms with Crippen LogP contribution in [-0.4, -0.2) is 29.7 Å². The van der Waals surface area contributed by atoms with Gasteiger partial charge in [-0.15, -0.1) is 0 Å². The number of carbonyl (C=O) groups is 2. The maximum Gasteiger partial charge on any atom is 0.268 e. The number of amides is 2. The third kappa shape index (κ3) is 7.20. The van der Waals surface area contributed by atoms with Crippen LogP contribution in [0, 0.1) is 0 Å². The summed E-state index contributed by atoms with van der Waals surface area (Å²) in [5, 5.41) is 10.0. The molecule has 0 aliphatic carbocycles. The SMILES string of the molecule is CC.CC(=O)NC(CF)C(=O)NO. The van der Waals surface area contributed by atoms with E-state index in [0.717, 1.165) is 6.92 Å². The van der Waals surface area contributed by atoms with E-state index in [1.165, 1.54) is 5.48 Å². The van der Waals surface area contributed by atoms with Crippen LogP contribution in [0.5, 0.6) is 0 Å². The molecule has 0 spiro atoms. The molecule has 0 saturated heterocycles. The molecule has 3 N–H and O–H groups in total. The highest BCUT2D eigenvalue weighted by Crippen LogP contribution is 1.84. The number of hydrogen-bond donors (Lipinski definition) is 3. The molecule has 5 nitrogen and oxygen atoms in total. The number of halogens is 1. The van der Waals surface area contributed by atoms with E-state index < -0.39 is 24.5 Å². The molecule has 0 aliphatic heterocycles. The van der Waals surface area contributed by atoms with E-state index in [1.807, 2.05) is 19.2 Å². The zero-order chi connectivity index (χ0) is 10.9. The number of hydrogen-bond acceptors (Lipinski definition) is 3. The van der Waals surface area contributed by atoms with E-state index >= 15 is 0 Å². The third-order valence-corrected chi connectivity index (χ3v) is 0.958. The number of rotatable bonds is 3. The van der Waals surface area contributed by atoms with Gasteiger partial charge in [0.1, 0.15) is 12.7 Å². The first-order valence-corrected chi connectivity index (χ1v) is 3.88. The van der Waals surface area contributed by atoms with Gasteiger partial charge in [-0.3, -0.25) is 14.8 Å². The van der Waals surface area contributed by atoms with Crippen molar-refractivity contribution in [2.75, 3.05) is 6.67 Å². The molecule has 13 heavy (non-hydrogen) atoms. The molecule has 0 aliphatic rings. The number of carbonyl (C=O) groups excluding carboxylic acids is 2. The van der Waals surface area contributed by atoms with Crippen molar-refractivity contribution in [1.29, 1.82) is 0 Å². The van der Waals surface area contributed by atoms with Crippen molar-refractivity contribution in [3.05, 3.63) is 0 Å². The van der Waals surface area contributed by atoms with Gasteiger partial charge >= 0.3 is 0 Å². The monoisotopic (exact) mass is 194 g/mol. The Kier molecular flexibility index (Phi) is 9.86. The van der Waals surface area contributed by atoms with Crippen LogP contribution >= 0.6 is 0 Å². The van der Waals surface area contributed by atoms with Gasteiger partial charge in [-0.2, -0.15) is 0 Å². The Morgan fingerprint density at radius 1 is 1.46 bits per heavy atom. The average molecular weight is 194 g/mol. The van der Waals surface area contributed by atoms with Gasteiger partial charge in [-0.05, 0) is 0 Å². The van der Waals surface area contributed by atoms with Crippen molar-refractivity contribution < 1.29 is 19.2 Å². The van der Waals surface area contributed by atoms with Crippen molar-refractivity contribution in [3.63, 3.8) is 0 Å². The summed E-state index contributed by atoms with van der Waals surface area (Å²) in [5.74, 6) is -1.50. The van der Waals surface area contributed by atoms with Gasteiger partial charge in [0, 0.05) is 6.92 Å². The van der Waals surface area contributed by atoms with Crippen LogP contribution in [0.25, 0.3) is 0 Å². The first-order valence-electron chi connectivity index (χ1n) is 3.88. The molecule has 0 bridgehead atoms. The van der Waals surface area contributed by atoms with Crippen LogP contribution < -0.4 is 10.8 Å². The van der Waals surface area contributed by atoms with Gasteiger partial charge in [0.25, 0.3) is 5.91 Å². The summed E-state index contributed by atoms with van der Waals surface area (Å²) in [7, 11) is 0. The Labute approximate surface area is 76.3 Å². The molecule has 6 heteroatoms. The largest absolute Gasteiger partial charge is 0.342 e. The number of alkyl halides is 1. The fourth-order valence-corrected chi connectivity index (χ4v) is 0.497. The highest BCUT2D eigenvalue weighted by molar-refractivity contribution is 5.86. The summed E-state index contributed by atoms with van der Waals surface area (Å²) in [6.07, 6.45) is 0. The molecule has 1 atom stereocenters. The Bertz CT molecular complexity index is 164. The van der Waals surface area contributed by atoms with Gasteiger partial charge in [0.15, 0.2) is 0 Å². The van der Waals surface area contributed by atoms with E-state index in [4.69, 9.17) is 5.21 Å². The van der Waals surface area contributed by atoms with E-state index in [2.05, 4.69) is 0 Å². The van der Waals surface area contributed by atoms with E-state index in [9.17, 15) is 14.0 Å². The first kappa shape index (κ1) is 14.4. The highest BCUT2D eigenvalue weighted by Gasteiger charge is 2.17. The lowest BCUT2D eigenvalue weighted by molar-refractivity contribution is -0.134. The van der Waals surface area contributed by atoms with Gasteiger partial charge in [0.05, 0.1) is 0 Å². The summed E-state index contributed by atoms with van der Waals surface area (Å²) in [5.41, 5.74) is 1.23. The summed E-state index contributed by atoms with van der Waals surface area (Å²) in [6, 6.07) is -1.31. The predicted molar refractivity (Wildman–Crippen MR) is 44.9 cm³/mol. The van der Waals surface area contributed by atoms with Crippen molar-refractivity contribution in [2.45, 2.75) is 26.8 Å². The summed E-state index contributed by atoms with van der Waals surface area (Å²) in [6.45, 7) is 4.10. The average Bonchev–Trinajstić information content (AvgIpc) is 2.16. The minimum Gasteiger partial charge on any atom is -0.342 e. The molecule has 0 aromatic rings. The molecule has 0 fully saturated rings. The van der Waals surface area contributed by atoms with E-state index in [0.29, 0.717) is 0 Å². The quantitative estimate of drug-likeness (QED) is 0.437. The molecule has 1 unspecified atom stereocenters. The first-order chi connectivity index (χ1) is 6.11. The molecule has 0 radical (unpaired) electrons. The van der Waals surface area contributed by atoms with Gasteiger partial charge in [-0.25, -0.2) is 9.87 Å². The zero-order valence-electron chi connectivity index (χ0n) is 7.93. The third-order valence-electron chi connectivity index (χ3n) is 0.958. The minimum absolute atomic E-state index is 0.531. The molecule has 0 saturated carbocycles. The fourth-order valence-electron chi connectivity index (χ4n) is 0.497. The highest BCUT2D eigenvalue weighted by atomic mass is 19.1. The van der Waals surface area contributed by atoms with Crippen molar-refractivity contribution >= 4 is 11.8 Å². The maximum absolute atomic E-state index is 11.9. The van der Waals surface area contributed by atoms with Crippen LogP contribution in [-0.2, 0) is 9.59 Å². The number of nitrogens with one attached hydrogen (secondary N) is 2. The van der Waals surface area contributed by atoms with Crippen molar-refractivity contribution in [3.8, 4) is 0 Å². The standard InChI is InChI=1S/C5H9FN2O3.C2H6/c1-3(9)7-4(2-6)5(10)8-11;1-2/h4,11H,2H2,1H3,(H,7,9)(H,8,10);1-2H3. The van der Waals surface area contributed by atoms with Gasteiger partial charge < -0.3 is 5.32 Å². The van der Waals surface area contributed by atoms with Crippen LogP contribution in [0.4, 0.5) is 4.39 Å². The second-order valence-corrected chi connectivity index (χ2v) is 1.88. The smallest absolute Gasteiger partial charge is 0.268 e. The molecule has 2 amide bonds. The Hall–Kier alpha value is -1.17. The van der Waals surface area contributed by atoms with Crippen LogP contribution in [0.3, 0.4) is 0 Å². The predicted octanol–water partition coefficient (Wildman–Crippen LogP) is -0.00780. The Morgan fingerprint density at radius 3 is 2.15 bits per heavy atom. The molecule has 0 rings (SSSR count). The van der Waals surface area contributed by atoms with E-state index in [1.54, 1.807) is 0 Å².